The molecule has 1 aliphatic heterocycles. The maximum Gasteiger partial charge on any atom is 0.167 e. The SMILES string of the molecule is Cn1ccnc1SCCNC[C@@]1(O)CCCNC1. The molecule has 2 heterocycles. The summed E-state index contributed by atoms with van der Waals surface area (Å²) in [6, 6.07) is 0. The van der Waals surface area contributed by atoms with Crippen LogP contribution in [0.4, 0.5) is 0 Å². The molecular formula is C12H22N4OS. The molecule has 0 saturated carbocycles. The normalized spacial score (nSPS) is 24.3. The fourth-order valence-corrected chi connectivity index (χ4v) is 2.96. The van der Waals surface area contributed by atoms with E-state index in [2.05, 4.69) is 15.6 Å². The zero-order valence-corrected chi connectivity index (χ0v) is 11.7. The zero-order valence-electron chi connectivity index (χ0n) is 10.9. The highest BCUT2D eigenvalue weighted by Gasteiger charge is 2.28. The first-order valence-corrected chi connectivity index (χ1v) is 7.42. The van der Waals surface area contributed by atoms with Crippen LogP contribution in [0.25, 0.3) is 0 Å². The summed E-state index contributed by atoms with van der Waals surface area (Å²) in [7, 11) is 2.00. The molecule has 1 aromatic heterocycles. The van der Waals surface area contributed by atoms with Crippen molar-refractivity contribution in [3.8, 4) is 0 Å². The van der Waals surface area contributed by atoms with Crippen LogP contribution >= 0.6 is 11.8 Å². The fraction of sp³-hybridized carbons (Fsp3) is 0.750. The van der Waals surface area contributed by atoms with Gasteiger partial charge in [0, 0.05) is 44.8 Å². The molecule has 2 rings (SSSR count). The van der Waals surface area contributed by atoms with Gasteiger partial charge in [0.05, 0.1) is 5.60 Å². The summed E-state index contributed by atoms with van der Waals surface area (Å²) >= 11 is 1.73. The summed E-state index contributed by atoms with van der Waals surface area (Å²) in [6.07, 6.45) is 5.71. The number of aliphatic hydroxyl groups is 1. The molecule has 1 saturated heterocycles. The lowest BCUT2D eigenvalue weighted by molar-refractivity contribution is 0.0177. The molecule has 1 atom stereocenters. The molecule has 0 amide bonds. The van der Waals surface area contributed by atoms with E-state index in [-0.39, 0.29) is 0 Å². The molecular weight excluding hydrogens is 248 g/mol. The Kier molecular flexibility index (Phi) is 5.05. The number of aryl methyl sites for hydroxylation is 1. The molecule has 0 aromatic carbocycles. The summed E-state index contributed by atoms with van der Waals surface area (Å²) in [5, 5.41) is 17.9. The van der Waals surface area contributed by atoms with Gasteiger partial charge in [0.2, 0.25) is 0 Å². The number of imidazole rings is 1. The smallest absolute Gasteiger partial charge is 0.167 e. The van der Waals surface area contributed by atoms with Crippen molar-refractivity contribution < 1.29 is 5.11 Å². The van der Waals surface area contributed by atoms with Gasteiger partial charge in [-0.15, -0.1) is 0 Å². The van der Waals surface area contributed by atoms with Crippen LogP contribution in [0.3, 0.4) is 0 Å². The van der Waals surface area contributed by atoms with E-state index in [4.69, 9.17) is 0 Å². The summed E-state index contributed by atoms with van der Waals surface area (Å²) in [5.41, 5.74) is -0.563. The molecule has 18 heavy (non-hydrogen) atoms. The molecule has 102 valence electrons. The monoisotopic (exact) mass is 270 g/mol. The minimum Gasteiger partial charge on any atom is -0.387 e. The summed E-state index contributed by atoms with van der Waals surface area (Å²) in [6.45, 7) is 3.28. The topological polar surface area (TPSA) is 62.1 Å². The van der Waals surface area contributed by atoms with Crippen LogP contribution in [-0.4, -0.2) is 52.2 Å². The molecule has 0 spiro atoms. The van der Waals surface area contributed by atoms with Gasteiger partial charge in [0.25, 0.3) is 0 Å². The van der Waals surface area contributed by atoms with Gasteiger partial charge < -0.3 is 20.3 Å². The molecule has 1 fully saturated rings. The van der Waals surface area contributed by atoms with E-state index >= 15 is 0 Å². The Hall–Kier alpha value is -0.560. The molecule has 0 aliphatic carbocycles. The van der Waals surface area contributed by atoms with Gasteiger partial charge in [0.1, 0.15) is 0 Å². The highest BCUT2D eigenvalue weighted by molar-refractivity contribution is 7.99. The third-order valence-electron chi connectivity index (χ3n) is 3.19. The lowest BCUT2D eigenvalue weighted by Gasteiger charge is -2.32. The highest BCUT2D eigenvalue weighted by Crippen LogP contribution is 2.15. The van der Waals surface area contributed by atoms with Crippen molar-refractivity contribution in [3.05, 3.63) is 12.4 Å². The number of hydrogen-bond donors (Lipinski definition) is 3. The Morgan fingerprint density at radius 2 is 2.56 bits per heavy atom. The van der Waals surface area contributed by atoms with Crippen molar-refractivity contribution in [1.82, 2.24) is 20.2 Å². The van der Waals surface area contributed by atoms with Crippen molar-refractivity contribution in [2.75, 3.05) is 31.9 Å². The maximum atomic E-state index is 10.3. The second-order valence-corrected chi connectivity index (χ2v) is 5.91. The van der Waals surface area contributed by atoms with Gasteiger partial charge in [0.15, 0.2) is 5.16 Å². The second-order valence-electron chi connectivity index (χ2n) is 4.85. The van der Waals surface area contributed by atoms with Gasteiger partial charge in [-0.2, -0.15) is 0 Å². The predicted molar refractivity (Wildman–Crippen MR) is 73.9 cm³/mol. The number of aromatic nitrogens is 2. The molecule has 0 bridgehead atoms. The van der Waals surface area contributed by atoms with Crippen molar-refractivity contribution in [2.45, 2.75) is 23.6 Å². The Morgan fingerprint density at radius 3 is 3.22 bits per heavy atom. The summed E-state index contributed by atoms with van der Waals surface area (Å²) in [5.74, 6) is 0.967. The van der Waals surface area contributed by atoms with Gasteiger partial charge in [-0.1, -0.05) is 11.8 Å². The standard InChI is InChI=1S/C12H22N4OS/c1-16-7-5-15-11(16)18-8-6-14-10-12(17)3-2-4-13-9-12/h5,7,13-14,17H,2-4,6,8-10H2,1H3/t12-/m1/s1. The Morgan fingerprint density at radius 1 is 1.67 bits per heavy atom. The number of thioether (sulfide) groups is 1. The third kappa shape index (κ3) is 3.98. The molecule has 0 unspecified atom stereocenters. The van der Waals surface area contributed by atoms with E-state index in [1.165, 1.54) is 0 Å². The number of piperidine rings is 1. The Labute approximate surface area is 112 Å². The van der Waals surface area contributed by atoms with E-state index < -0.39 is 5.60 Å². The van der Waals surface area contributed by atoms with E-state index in [9.17, 15) is 5.11 Å². The minimum absolute atomic E-state index is 0.563. The van der Waals surface area contributed by atoms with Crippen LogP contribution < -0.4 is 10.6 Å². The molecule has 1 aromatic rings. The number of β-amino-alcohol motifs (C(OH)–C–C–N with tert-alkyl or cyclic N) is 1. The Bertz CT molecular complexity index is 363. The van der Waals surface area contributed by atoms with Gasteiger partial charge >= 0.3 is 0 Å². The maximum absolute atomic E-state index is 10.3. The van der Waals surface area contributed by atoms with Crippen molar-refractivity contribution in [2.24, 2.45) is 7.05 Å². The van der Waals surface area contributed by atoms with Crippen LogP contribution in [0.1, 0.15) is 12.8 Å². The molecule has 5 nitrogen and oxygen atoms in total. The van der Waals surface area contributed by atoms with E-state index in [0.29, 0.717) is 13.1 Å². The second kappa shape index (κ2) is 6.56. The quantitative estimate of drug-likeness (QED) is 0.510. The van der Waals surface area contributed by atoms with Crippen molar-refractivity contribution >= 4 is 11.8 Å². The van der Waals surface area contributed by atoms with Crippen LogP contribution in [0.15, 0.2) is 17.6 Å². The Balaban J connectivity index is 1.60. The van der Waals surface area contributed by atoms with Crippen LogP contribution in [0.5, 0.6) is 0 Å². The molecule has 0 radical (unpaired) electrons. The van der Waals surface area contributed by atoms with Gasteiger partial charge in [-0.3, -0.25) is 0 Å². The van der Waals surface area contributed by atoms with E-state index in [1.807, 2.05) is 24.0 Å². The fourth-order valence-electron chi connectivity index (χ4n) is 2.13. The zero-order chi connectivity index (χ0) is 12.8. The van der Waals surface area contributed by atoms with E-state index in [0.717, 1.165) is 36.8 Å². The van der Waals surface area contributed by atoms with Gasteiger partial charge in [-0.05, 0) is 19.4 Å². The van der Waals surface area contributed by atoms with Crippen molar-refractivity contribution in [1.29, 1.82) is 0 Å². The number of hydrogen-bond acceptors (Lipinski definition) is 5. The minimum atomic E-state index is -0.563. The van der Waals surface area contributed by atoms with Crippen LogP contribution in [-0.2, 0) is 7.05 Å². The predicted octanol–water partition coefficient (Wildman–Crippen LogP) is 0.216. The number of nitrogens with zero attached hydrogens (tertiary/aromatic N) is 2. The summed E-state index contributed by atoms with van der Waals surface area (Å²) in [4.78, 5) is 4.26. The first-order valence-electron chi connectivity index (χ1n) is 6.44. The first-order chi connectivity index (χ1) is 8.70. The molecule has 1 aliphatic rings. The van der Waals surface area contributed by atoms with Crippen LogP contribution in [0, 0.1) is 0 Å². The largest absolute Gasteiger partial charge is 0.387 e. The third-order valence-corrected chi connectivity index (χ3v) is 4.25. The van der Waals surface area contributed by atoms with Crippen molar-refractivity contribution in [3.63, 3.8) is 0 Å². The summed E-state index contributed by atoms with van der Waals surface area (Å²) < 4.78 is 2.02. The van der Waals surface area contributed by atoms with Crippen LogP contribution in [0.2, 0.25) is 0 Å². The lowest BCUT2D eigenvalue weighted by atomic mass is 9.94. The van der Waals surface area contributed by atoms with Gasteiger partial charge in [-0.25, -0.2) is 4.98 Å². The number of nitrogens with one attached hydrogen (secondary N) is 2. The lowest BCUT2D eigenvalue weighted by Crippen LogP contribution is -2.52. The highest BCUT2D eigenvalue weighted by atomic mass is 32.2. The van der Waals surface area contributed by atoms with E-state index in [1.54, 1.807) is 11.8 Å². The average molecular weight is 270 g/mol. The molecule has 6 heteroatoms. The first kappa shape index (κ1) is 13.9. The molecule has 3 N–H and O–H groups in total. The number of rotatable bonds is 6. The average Bonchev–Trinajstić information content (AvgIpc) is 2.75.